The Bertz CT molecular complexity index is 1550. The fraction of sp³-hybridized carbons (Fsp3) is 0.133. The van der Waals surface area contributed by atoms with Gasteiger partial charge in [-0.1, -0.05) is 18.2 Å². The molecule has 4 aromatic rings. The van der Waals surface area contributed by atoms with E-state index >= 15 is 0 Å². The number of aromatic hydroxyl groups is 6. The van der Waals surface area contributed by atoms with Crippen LogP contribution in [0.2, 0.25) is 0 Å². The van der Waals surface area contributed by atoms with E-state index in [0.29, 0.717) is 33.4 Å². The number of hydrogen-bond acceptors (Lipinski definition) is 8. The molecule has 0 fully saturated rings. The van der Waals surface area contributed by atoms with Gasteiger partial charge in [0.1, 0.15) is 23.0 Å². The lowest BCUT2D eigenvalue weighted by atomic mass is 9.79. The van der Waals surface area contributed by atoms with Gasteiger partial charge in [-0.2, -0.15) is 0 Å². The van der Waals surface area contributed by atoms with E-state index in [2.05, 4.69) is 0 Å². The minimum absolute atomic E-state index is 0.0275. The van der Waals surface area contributed by atoms with E-state index in [1.165, 1.54) is 50.6 Å². The average Bonchev–Trinajstić information content (AvgIpc) is 3.19. The smallest absolute Gasteiger partial charge is 0.161 e. The van der Waals surface area contributed by atoms with Crippen LogP contribution in [0.3, 0.4) is 0 Å². The van der Waals surface area contributed by atoms with Crippen molar-refractivity contribution in [3.05, 3.63) is 94.5 Å². The van der Waals surface area contributed by atoms with Gasteiger partial charge in [0.15, 0.2) is 23.0 Å². The van der Waals surface area contributed by atoms with E-state index in [1.54, 1.807) is 30.3 Å². The van der Waals surface area contributed by atoms with E-state index in [1.807, 2.05) is 6.08 Å². The fourth-order valence-electron chi connectivity index (χ4n) is 5.25. The highest BCUT2D eigenvalue weighted by atomic mass is 16.5. The summed E-state index contributed by atoms with van der Waals surface area (Å²) in [6, 6.07) is 16.8. The molecule has 1 aliphatic carbocycles. The van der Waals surface area contributed by atoms with Crippen LogP contribution in [0, 0.1) is 0 Å². The van der Waals surface area contributed by atoms with Crippen molar-refractivity contribution < 1.29 is 40.1 Å². The second-order valence-electron chi connectivity index (χ2n) is 9.13. The average molecular weight is 515 g/mol. The van der Waals surface area contributed by atoms with Crippen molar-refractivity contribution in [1.82, 2.24) is 0 Å². The fourth-order valence-corrected chi connectivity index (χ4v) is 5.25. The lowest BCUT2D eigenvalue weighted by molar-refractivity contribution is 0.372. The molecule has 2 atom stereocenters. The number of ether oxygens (including phenoxy) is 2. The van der Waals surface area contributed by atoms with Gasteiger partial charge in [-0.05, 0) is 70.3 Å². The molecule has 0 heterocycles. The summed E-state index contributed by atoms with van der Waals surface area (Å²) >= 11 is 0. The minimum Gasteiger partial charge on any atom is -0.508 e. The molecular formula is C30H26O8. The molecule has 0 saturated carbocycles. The van der Waals surface area contributed by atoms with Gasteiger partial charge in [-0.15, -0.1) is 0 Å². The Balaban J connectivity index is 1.84. The molecule has 0 amide bonds. The predicted octanol–water partition coefficient (Wildman–Crippen LogP) is 5.41. The lowest BCUT2D eigenvalue weighted by Crippen LogP contribution is -2.08. The maximum atomic E-state index is 11.1. The Morgan fingerprint density at radius 1 is 0.579 bits per heavy atom. The third-order valence-corrected chi connectivity index (χ3v) is 6.81. The molecule has 0 aliphatic heterocycles. The number of hydrogen-bond donors (Lipinski definition) is 6. The van der Waals surface area contributed by atoms with Crippen LogP contribution in [0.25, 0.3) is 11.6 Å². The molecule has 6 N–H and O–H groups in total. The first-order chi connectivity index (χ1) is 18.2. The number of allylic oxidation sites excluding steroid dienone is 1. The summed E-state index contributed by atoms with van der Waals surface area (Å²) in [5.74, 6) is -1.27. The van der Waals surface area contributed by atoms with Crippen molar-refractivity contribution in [1.29, 1.82) is 0 Å². The van der Waals surface area contributed by atoms with Crippen LogP contribution in [0.1, 0.15) is 39.7 Å². The minimum atomic E-state index is -0.565. The number of phenolic OH excluding ortho intramolecular Hbond substituents is 6. The highest BCUT2D eigenvalue weighted by Gasteiger charge is 2.41. The monoisotopic (exact) mass is 514 g/mol. The normalized spacial score (nSPS) is 17.4. The van der Waals surface area contributed by atoms with Gasteiger partial charge in [-0.25, -0.2) is 0 Å². The van der Waals surface area contributed by atoms with Crippen LogP contribution in [0.15, 0.2) is 66.7 Å². The molecule has 0 saturated heterocycles. The van der Waals surface area contributed by atoms with E-state index in [0.717, 1.165) is 0 Å². The van der Waals surface area contributed by atoms with Crippen LogP contribution in [-0.4, -0.2) is 44.9 Å². The number of fused-ring (bicyclic) bond motifs is 1. The predicted molar refractivity (Wildman–Crippen MR) is 141 cm³/mol. The zero-order valence-corrected chi connectivity index (χ0v) is 20.6. The highest BCUT2D eigenvalue weighted by Crippen LogP contribution is 2.59. The van der Waals surface area contributed by atoms with Gasteiger partial charge in [0.25, 0.3) is 0 Å². The Labute approximate surface area is 218 Å². The van der Waals surface area contributed by atoms with Crippen molar-refractivity contribution in [3.8, 4) is 46.0 Å². The number of phenols is 6. The molecule has 1 aliphatic rings. The molecule has 2 unspecified atom stereocenters. The second kappa shape index (κ2) is 9.48. The van der Waals surface area contributed by atoms with Gasteiger partial charge < -0.3 is 40.1 Å². The van der Waals surface area contributed by atoms with Crippen LogP contribution in [-0.2, 0) is 0 Å². The van der Waals surface area contributed by atoms with Crippen molar-refractivity contribution in [2.45, 2.75) is 11.8 Å². The largest absolute Gasteiger partial charge is 0.508 e. The van der Waals surface area contributed by atoms with Crippen LogP contribution in [0.5, 0.6) is 46.0 Å². The summed E-state index contributed by atoms with van der Waals surface area (Å²) in [6.07, 6.45) is 1.84. The summed E-state index contributed by atoms with van der Waals surface area (Å²) in [6.45, 7) is 0. The summed E-state index contributed by atoms with van der Waals surface area (Å²) < 4.78 is 10.6. The first-order valence-corrected chi connectivity index (χ1v) is 11.7. The number of benzene rings is 4. The lowest BCUT2D eigenvalue weighted by Gasteiger charge is -2.24. The third kappa shape index (κ3) is 4.26. The van der Waals surface area contributed by atoms with Crippen LogP contribution < -0.4 is 9.47 Å². The molecular weight excluding hydrogens is 488 g/mol. The van der Waals surface area contributed by atoms with E-state index in [4.69, 9.17) is 9.47 Å². The highest BCUT2D eigenvalue weighted by molar-refractivity contribution is 5.93. The van der Waals surface area contributed by atoms with Gasteiger partial charge in [-0.3, -0.25) is 0 Å². The summed E-state index contributed by atoms with van der Waals surface area (Å²) in [5, 5.41) is 62.5. The van der Waals surface area contributed by atoms with Gasteiger partial charge in [0.2, 0.25) is 0 Å². The zero-order chi connectivity index (χ0) is 27.1. The Kier molecular flexibility index (Phi) is 6.16. The topological polar surface area (TPSA) is 140 Å². The molecule has 0 bridgehead atoms. The van der Waals surface area contributed by atoms with Crippen molar-refractivity contribution in [2.24, 2.45) is 0 Å². The first-order valence-electron chi connectivity index (χ1n) is 11.7. The third-order valence-electron chi connectivity index (χ3n) is 6.81. The Hall–Kier alpha value is -4.98. The zero-order valence-electron chi connectivity index (χ0n) is 20.6. The van der Waals surface area contributed by atoms with E-state index < -0.39 is 11.8 Å². The summed E-state index contributed by atoms with van der Waals surface area (Å²) in [7, 11) is 2.88. The maximum Gasteiger partial charge on any atom is 0.161 e. The van der Waals surface area contributed by atoms with Gasteiger partial charge >= 0.3 is 0 Å². The van der Waals surface area contributed by atoms with E-state index in [-0.39, 0.29) is 46.0 Å². The number of methoxy groups -OCH3 is 2. The quantitative estimate of drug-likeness (QED) is 0.208. The van der Waals surface area contributed by atoms with Gasteiger partial charge in [0, 0.05) is 29.5 Å². The Morgan fingerprint density at radius 2 is 1.18 bits per heavy atom. The molecule has 8 nitrogen and oxygen atoms in total. The SMILES string of the molecule is COc1cc(/C=C2/c3cc(O)cc(O)c3C(c3ccc(O)c(OC)c3)C2c2cc(O)cc(O)c2)ccc1O. The molecule has 0 radical (unpaired) electrons. The number of rotatable bonds is 5. The van der Waals surface area contributed by atoms with Gasteiger partial charge in [0.05, 0.1) is 14.2 Å². The first kappa shape index (κ1) is 24.7. The molecule has 0 aromatic heterocycles. The standard InChI is InChI=1S/C30H26O8/c1-37-26-8-15(3-5-23(26)34)7-21-22-13-20(33)14-25(36)30(22)29(16-4-6-24(35)27(11-16)38-2)28(21)17-9-18(31)12-19(32)10-17/h3-14,28-29,31-36H,1-2H3/b21-7-. The van der Waals surface area contributed by atoms with Crippen LogP contribution in [0.4, 0.5) is 0 Å². The van der Waals surface area contributed by atoms with Crippen LogP contribution >= 0.6 is 0 Å². The summed E-state index contributed by atoms with van der Waals surface area (Å²) in [4.78, 5) is 0. The Morgan fingerprint density at radius 3 is 1.84 bits per heavy atom. The maximum absolute atomic E-state index is 11.1. The van der Waals surface area contributed by atoms with Crippen molar-refractivity contribution >= 4 is 11.6 Å². The van der Waals surface area contributed by atoms with E-state index in [9.17, 15) is 30.6 Å². The van der Waals surface area contributed by atoms with Crippen molar-refractivity contribution in [2.75, 3.05) is 14.2 Å². The second-order valence-corrected chi connectivity index (χ2v) is 9.13. The van der Waals surface area contributed by atoms with Crippen molar-refractivity contribution in [3.63, 3.8) is 0 Å². The molecule has 0 spiro atoms. The molecule has 5 rings (SSSR count). The molecule has 4 aromatic carbocycles. The molecule has 194 valence electrons. The molecule has 8 heteroatoms. The molecule has 38 heavy (non-hydrogen) atoms. The summed E-state index contributed by atoms with van der Waals surface area (Å²) in [5.41, 5.74) is 3.63.